The fourth-order valence-corrected chi connectivity index (χ4v) is 4.14. The third kappa shape index (κ3) is 5.07. The van der Waals surface area contributed by atoms with Crippen molar-refractivity contribution in [3.05, 3.63) is 94.5 Å². The van der Waals surface area contributed by atoms with Crippen LogP contribution in [-0.2, 0) is 16.6 Å². The van der Waals surface area contributed by atoms with Gasteiger partial charge in [-0.3, -0.25) is 9.10 Å². The maximum Gasteiger partial charge on any atom is 0.255 e. The maximum absolute atomic E-state index is 12.5. The van der Waals surface area contributed by atoms with Gasteiger partial charge in [0.05, 0.1) is 18.5 Å². The molecule has 0 aliphatic heterocycles. The maximum atomic E-state index is 12.5. The van der Waals surface area contributed by atoms with Gasteiger partial charge >= 0.3 is 0 Å². The lowest BCUT2D eigenvalue weighted by atomic mass is 10.1. The molecule has 0 fully saturated rings. The summed E-state index contributed by atoms with van der Waals surface area (Å²) in [6.45, 7) is 5.96. The molecule has 0 atom stereocenters. The molecule has 5 nitrogen and oxygen atoms in total. The van der Waals surface area contributed by atoms with Gasteiger partial charge in [-0.05, 0) is 67.3 Å². The predicted octanol–water partition coefficient (Wildman–Crippen LogP) is 4.83. The van der Waals surface area contributed by atoms with Gasteiger partial charge in [0.25, 0.3) is 5.91 Å². The van der Waals surface area contributed by atoms with E-state index in [2.05, 4.69) is 5.32 Å². The number of amides is 1. The Kier molecular flexibility index (Phi) is 6.27. The lowest BCUT2D eigenvalue weighted by Gasteiger charge is -2.25. The molecule has 0 saturated carbocycles. The third-order valence-corrected chi connectivity index (χ3v) is 6.10. The molecule has 30 heavy (non-hydrogen) atoms. The summed E-state index contributed by atoms with van der Waals surface area (Å²) in [4.78, 5) is 12.5. The Morgan fingerprint density at radius 2 is 1.57 bits per heavy atom. The van der Waals surface area contributed by atoms with Crippen molar-refractivity contribution >= 4 is 27.3 Å². The van der Waals surface area contributed by atoms with E-state index in [1.54, 1.807) is 24.3 Å². The molecule has 0 heterocycles. The number of carbonyl (C=O) groups is 1. The van der Waals surface area contributed by atoms with Gasteiger partial charge in [0.1, 0.15) is 0 Å². The van der Waals surface area contributed by atoms with Gasteiger partial charge in [0, 0.05) is 11.3 Å². The lowest BCUT2D eigenvalue weighted by Crippen LogP contribution is -2.30. The average Bonchev–Trinajstić information content (AvgIpc) is 2.69. The van der Waals surface area contributed by atoms with E-state index in [0.717, 1.165) is 27.9 Å². The highest BCUT2D eigenvalue weighted by molar-refractivity contribution is 7.92. The Hall–Kier alpha value is -3.12. The van der Waals surface area contributed by atoms with Crippen LogP contribution in [0.1, 0.15) is 32.6 Å². The molecule has 3 rings (SSSR count). The van der Waals surface area contributed by atoms with Crippen LogP contribution in [0.2, 0.25) is 0 Å². The number of hydrogen-bond donors (Lipinski definition) is 1. The van der Waals surface area contributed by atoms with Crippen molar-refractivity contribution in [3.8, 4) is 0 Å². The highest BCUT2D eigenvalue weighted by Crippen LogP contribution is 2.26. The molecule has 0 saturated heterocycles. The summed E-state index contributed by atoms with van der Waals surface area (Å²) >= 11 is 0. The first-order valence-electron chi connectivity index (χ1n) is 9.66. The van der Waals surface area contributed by atoms with E-state index in [1.165, 1.54) is 10.6 Å². The van der Waals surface area contributed by atoms with Gasteiger partial charge in [0.15, 0.2) is 0 Å². The number of anilines is 2. The molecule has 0 unspecified atom stereocenters. The van der Waals surface area contributed by atoms with Crippen molar-refractivity contribution in [2.75, 3.05) is 15.9 Å². The molecule has 0 aliphatic carbocycles. The van der Waals surface area contributed by atoms with Crippen LogP contribution < -0.4 is 9.62 Å². The number of aryl methyl sites for hydroxylation is 3. The smallest absolute Gasteiger partial charge is 0.255 e. The Morgan fingerprint density at radius 1 is 0.900 bits per heavy atom. The van der Waals surface area contributed by atoms with Gasteiger partial charge < -0.3 is 5.32 Å². The van der Waals surface area contributed by atoms with Crippen LogP contribution in [0.15, 0.2) is 66.7 Å². The molecule has 0 aliphatic rings. The van der Waals surface area contributed by atoms with E-state index in [0.29, 0.717) is 11.3 Å². The minimum absolute atomic E-state index is 0.197. The minimum atomic E-state index is -3.47. The summed E-state index contributed by atoms with van der Waals surface area (Å²) in [5.41, 5.74) is 5.62. The second-order valence-corrected chi connectivity index (χ2v) is 9.43. The number of nitrogens with one attached hydrogen (secondary N) is 1. The highest BCUT2D eigenvalue weighted by atomic mass is 32.2. The van der Waals surface area contributed by atoms with Gasteiger partial charge in [-0.25, -0.2) is 8.42 Å². The van der Waals surface area contributed by atoms with Gasteiger partial charge in [0.2, 0.25) is 10.0 Å². The lowest BCUT2D eigenvalue weighted by molar-refractivity contribution is 0.102. The van der Waals surface area contributed by atoms with Crippen molar-refractivity contribution in [1.29, 1.82) is 0 Å². The first kappa shape index (κ1) is 21.6. The largest absolute Gasteiger partial charge is 0.322 e. The normalized spacial score (nSPS) is 11.2. The fraction of sp³-hybridized carbons (Fsp3) is 0.208. The van der Waals surface area contributed by atoms with E-state index in [-0.39, 0.29) is 12.5 Å². The summed E-state index contributed by atoms with van der Waals surface area (Å²) in [5.74, 6) is -0.203. The molecule has 3 aromatic carbocycles. The van der Waals surface area contributed by atoms with Crippen molar-refractivity contribution in [3.63, 3.8) is 0 Å². The monoisotopic (exact) mass is 422 g/mol. The molecule has 0 aromatic heterocycles. The van der Waals surface area contributed by atoms with Crippen molar-refractivity contribution in [2.45, 2.75) is 27.3 Å². The Morgan fingerprint density at radius 3 is 2.20 bits per heavy atom. The second-order valence-electron chi connectivity index (χ2n) is 7.53. The van der Waals surface area contributed by atoms with Crippen LogP contribution in [0.4, 0.5) is 11.4 Å². The van der Waals surface area contributed by atoms with E-state index in [4.69, 9.17) is 0 Å². The zero-order valence-corrected chi connectivity index (χ0v) is 18.5. The first-order valence-corrected chi connectivity index (χ1v) is 11.5. The SMILES string of the molecule is Cc1ccc(C)c(N(Cc2ccc(C(=O)Nc3ccccc3C)cc2)S(C)(=O)=O)c1. The predicted molar refractivity (Wildman–Crippen MR) is 123 cm³/mol. The van der Waals surface area contributed by atoms with Crippen molar-refractivity contribution in [2.24, 2.45) is 0 Å². The van der Waals surface area contributed by atoms with Crippen molar-refractivity contribution in [1.82, 2.24) is 0 Å². The minimum Gasteiger partial charge on any atom is -0.322 e. The van der Waals surface area contributed by atoms with Gasteiger partial charge in [-0.2, -0.15) is 0 Å². The molecule has 3 aromatic rings. The first-order chi connectivity index (χ1) is 14.1. The third-order valence-electron chi connectivity index (χ3n) is 4.97. The van der Waals surface area contributed by atoms with E-state index >= 15 is 0 Å². The van der Waals surface area contributed by atoms with E-state index in [9.17, 15) is 13.2 Å². The molecule has 0 spiro atoms. The summed E-state index contributed by atoms with van der Waals surface area (Å²) in [5, 5.41) is 2.91. The van der Waals surface area contributed by atoms with Crippen molar-refractivity contribution < 1.29 is 13.2 Å². The van der Waals surface area contributed by atoms with Crippen LogP contribution in [0, 0.1) is 20.8 Å². The van der Waals surface area contributed by atoms with Crippen LogP contribution >= 0.6 is 0 Å². The molecule has 0 radical (unpaired) electrons. The molecule has 6 heteroatoms. The topological polar surface area (TPSA) is 66.5 Å². The number of benzene rings is 3. The van der Waals surface area contributed by atoms with E-state index in [1.807, 2.05) is 63.2 Å². The summed E-state index contributed by atoms with van der Waals surface area (Å²) in [6.07, 6.45) is 1.21. The van der Waals surface area contributed by atoms with Crippen LogP contribution in [0.3, 0.4) is 0 Å². The molecular weight excluding hydrogens is 396 g/mol. The molecule has 0 bridgehead atoms. The summed E-state index contributed by atoms with van der Waals surface area (Å²) < 4.78 is 26.3. The zero-order valence-electron chi connectivity index (χ0n) is 17.6. The number of nitrogens with zero attached hydrogens (tertiary/aromatic N) is 1. The van der Waals surface area contributed by atoms with Gasteiger partial charge in [-0.15, -0.1) is 0 Å². The van der Waals surface area contributed by atoms with E-state index < -0.39 is 10.0 Å². The van der Waals surface area contributed by atoms with Gasteiger partial charge in [-0.1, -0.05) is 42.5 Å². The Labute approximate surface area is 178 Å². The number of carbonyl (C=O) groups excluding carboxylic acids is 1. The van der Waals surface area contributed by atoms with Crippen LogP contribution in [0.5, 0.6) is 0 Å². The number of rotatable bonds is 6. The summed E-state index contributed by atoms with van der Waals surface area (Å²) in [6, 6.07) is 20.3. The Balaban J connectivity index is 1.81. The van der Waals surface area contributed by atoms with Crippen LogP contribution in [0.25, 0.3) is 0 Å². The average molecular weight is 423 g/mol. The summed E-state index contributed by atoms with van der Waals surface area (Å²) in [7, 11) is -3.47. The quantitative estimate of drug-likeness (QED) is 0.619. The molecular formula is C24H26N2O3S. The Bertz CT molecular complexity index is 1170. The standard InChI is InChI=1S/C24H26N2O3S/c1-17-9-10-19(3)23(15-17)26(30(4,28)29)16-20-11-13-21(14-12-20)24(27)25-22-8-6-5-7-18(22)2/h5-15H,16H2,1-4H3,(H,25,27). The number of para-hydroxylation sites is 1. The molecule has 1 amide bonds. The molecule has 1 N–H and O–H groups in total. The number of sulfonamides is 1. The second kappa shape index (κ2) is 8.71. The highest BCUT2D eigenvalue weighted by Gasteiger charge is 2.20. The van der Waals surface area contributed by atoms with Crippen LogP contribution in [-0.4, -0.2) is 20.6 Å². The number of hydrogen-bond acceptors (Lipinski definition) is 3. The fourth-order valence-electron chi connectivity index (χ4n) is 3.20. The molecule has 156 valence electrons. The zero-order chi connectivity index (χ0) is 21.9.